The van der Waals surface area contributed by atoms with Crippen molar-refractivity contribution in [3.8, 4) is 0 Å². The molecule has 0 aliphatic rings. The first kappa shape index (κ1) is 12.1. The van der Waals surface area contributed by atoms with Gasteiger partial charge in [0, 0.05) is 11.8 Å². The number of aryl methyl sites for hydroxylation is 1. The van der Waals surface area contributed by atoms with Crippen molar-refractivity contribution in [2.75, 3.05) is 5.75 Å². The number of fused-ring (bicyclic) bond motifs is 1. The Morgan fingerprint density at radius 2 is 2.41 bits per heavy atom. The molecule has 0 bridgehead atoms. The van der Waals surface area contributed by atoms with Gasteiger partial charge in [-0.15, -0.1) is 11.8 Å². The lowest BCUT2D eigenvalue weighted by Gasteiger charge is -1.98. The number of thioether (sulfide) groups is 1. The average Bonchev–Trinajstić information content (AvgIpc) is 2.58. The van der Waals surface area contributed by atoms with Gasteiger partial charge in [0.05, 0.1) is 11.4 Å². The van der Waals surface area contributed by atoms with Crippen molar-refractivity contribution in [2.24, 2.45) is 0 Å². The number of carboxylic acids is 1. The number of rotatable bonds is 4. The fourth-order valence-corrected chi connectivity index (χ4v) is 2.67. The smallest absolute Gasteiger partial charge is 0.313 e. The summed E-state index contributed by atoms with van der Waals surface area (Å²) in [5.41, 5.74) is 0.357. The molecule has 0 aliphatic heterocycles. The molecule has 0 unspecified atom stereocenters. The summed E-state index contributed by atoms with van der Waals surface area (Å²) in [6, 6.07) is 1.39. The van der Waals surface area contributed by atoms with Crippen molar-refractivity contribution in [3.05, 3.63) is 27.1 Å². The summed E-state index contributed by atoms with van der Waals surface area (Å²) in [5, 5.41) is 13.3. The van der Waals surface area contributed by atoms with E-state index in [1.54, 1.807) is 6.92 Å². The molecule has 2 rings (SSSR count). The van der Waals surface area contributed by atoms with Gasteiger partial charge in [-0.1, -0.05) is 11.3 Å². The molecule has 0 aromatic carbocycles. The Labute approximate surface area is 104 Å². The molecule has 8 heteroatoms. The minimum absolute atomic E-state index is 0.00275. The number of aliphatic carboxylic acids is 1. The maximum Gasteiger partial charge on any atom is 0.313 e. The highest BCUT2D eigenvalue weighted by Crippen LogP contribution is 2.13. The summed E-state index contributed by atoms with van der Waals surface area (Å²) < 4.78 is 1.26. The minimum Gasteiger partial charge on any atom is -0.481 e. The van der Waals surface area contributed by atoms with Gasteiger partial charge in [0.25, 0.3) is 5.56 Å². The third-order valence-corrected chi connectivity index (χ3v) is 3.65. The van der Waals surface area contributed by atoms with Crippen LogP contribution in [0.2, 0.25) is 0 Å². The second-order valence-corrected chi connectivity index (χ2v) is 5.43. The summed E-state index contributed by atoms with van der Waals surface area (Å²) in [4.78, 5) is 26.8. The second-order valence-electron chi connectivity index (χ2n) is 3.29. The molecule has 2 aromatic heterocycles. The molecule has 0 saturated carbocycles. The number of carboxylic acid groups (broad SMARTS) is 1. The zero-order chi connectivity index (χ0) is 12.4. The molecular weight excluding hydrogens is 262 g/mol. The fraction of sp³-hybridized carbons (Fsp3) is 0.333. The van der Waals surface area contributed by atoms with Crippen LogP contribution >= 0.6 is 23.1 Å². The Kier molecular flexibility index (Phi) is 3.43. The first-order valence-corrected chi connectivity index (χ1v) is 6.69. The first-order chi connectivity index (χ1) is 8.06. The normalized spacial score (nSPS) is 10.9. The zero-order valence-corrected chi connectivity index (χ0v) is 10.5. The minimum atomic E-state index is -0.874. The number of aromatic nitrogens is 3. The van der Waals surface area contributed by atoms with E-state index in [-0.39, 0.29) is 11.3 Å². The van der Waals surface area contributed by atoms with Gasteiger partial charge in [-0.2, -0.15) is 9.61 Å². The van der Waals surface area contributed by atoms with Crippen molar-refractivity contribution in [1.82, 2.24) is 14.6 Å². The molecule has 0 fully saturated rings. The maximum atomic E-state index is 11.7. The summed E-state index contributed by atoms with van der Waals surface area (Å²) in [5.74, 6) is -0.459. The lowest BCUT2D eigenvalue weighted by Crippen LogP contribution is -2.15. The molecule has 0 atom stereocenters. The molecule has 6 nitrogen and oxygen atoms in total. The standard InChI is InChI=1S/C9H9N3O3S2/c1-5-11-12-7(13)2-6(10-9(12)17-5)3-16-4-8(14)15/h2H,3-4H2,1H3,(H,14,15). The molecule has 2 aromatic rings. The Balaban J connectivity index is 2.24. The van der Waals surface area contributed by atoms with E-state index in [0.29, 0.717) is 16.4 Å². The molecule has 0 spiro atoms. The topological polar surface area (TPSA) is 84.6 Å². The van der Waals surface area contributed by atoms with Gasteiger partial charge >= 0.3 is 5.97 Å². The van der Waals surface area contributed by atoms with Crippen molar-refractivity contribution >= 4 is 34.0 Å². The van der Waals surface area contributed by atoms with Crippen molar-refractivity contribution in [1.29, 1.82) is 0 Å². The van der Waals surface area contributed by atoms with Gasteiger partial charge in [-0.25, -0.2) is 4.98 Å². The largest absolute Gasteiger partial charge is 0.481 e. The summed E-state index contributed by atoms with van der Waals surface area (Å²) in [6.45, 7) is 1.80. The molecule has 17 heavy (non-hydrogen) atoms. The lowest BCUT2D eigenvalue weighted by atomic mass is 10.4. The number of carbonyl (C=O) groups is 1. The van der Waals surface area contributed by atoms with E-state index in [1.807, 2.05) is 0 Å². The summed E-state index contributed by atoms with van der Waals surface area (Å²) in [6.07, 6.45) is 0. The van der Waals surface area contributed by atoms with E-state index in [9.17, 15) is 9.59 Å². The van der Waals surface area contributed by atoms with E-state index in [0.717, 1.165) is 5.01 Å². The van der Waals surface area contributed by atoms with E-state index in [2.05, 4.69) is 10.1 Å². The third kappa shape index (κ3) is 2.83. The number of hydrogen-bond donors (Lipinski definition) is 1. The average molecular weight is 271 g/mol. The quantitative estimate of drug-likeness (QED) is 0.884. The molecule has 0 amide bonds. The maximum absolute atomic E-state index is 11.7. The van der Waals surface area contributed by atoms with Crippen molar-refractivity contribution in [3.63, 3.8) is 0 Å². The molecular formula is C9H9N3O3S2. The Hall–Kier alpha value is -1.41. The highest BCUT2D eigenvalue weighted by molar-refractivity contribution is 7.99. The molecule has 0 aliphatic carbocycles. The second kappa shape index (κ2) is 4.84. The number of hydrogen-bond acceptors (Lipinski definition) is 6. The van der Waals surface area contributed by atoms with Gasteiger partial charge in [0.2, 0.25) is 4.96 Å². The van der Waals surface area contributed by atoms with Gasteiger partial charge in [0.15, 0.2) is 0 Å². The molecule has 1 N–H and O–H groups in total. The molecule has 2 heterocycles. The van der Waals surface area contributed by atoms with Gasteiger partial charge in [-0.05, 0) is 6.92 Å². The Bertz CT molecular complexity index is 619. The molecule has 90 valence electrons. The first-order valence-electron chi connectivity index (χ1n) is 4.72. The van der Waals surface area contributed by atoms with Gasteiger partial charge in [0.1, 0.15) is 5.01 Å². The van der Waals surface area contributed by atoms with E-state index in [1.165, 1.54) is 33.7 Å². The lowest BCUT2D eigenvalue weighted by molar-refractivity contribution is -0.133. The van der Waals surface area contributed by atoms with E-state index < -0.39 is 5.97 Å². The predicted octanol–water partition coefficient (Wildman–Crippen LogP) is 0.777. The van der Waals surface area contributed by atoms with E-state index >= 15 is 0 Å². The highest BCUT2D eigenvalue weighted by Gasteiger charge is 2.07. The SMILES string of the molecule is Cc1nn2c(=O)cc(CSCC(=O)O)nc2s1. The van der Waals surface area contributed by atoms with Crippen LogP contribution in [0.4, 0.5) is 0 Å². The van der Waals surface area contributed by atoms with Gasteiger partial charge < -0.3 is 5.11 Å². The third-order valence-electron chi connectivity index (χ3n) is 1.87. The monoisotopic (exact) mass is 271 g/mol. The molecule has 0 radical (unpaired) electrons. The zero-order valence-electron chi connectivity index (χ0n) is 8.91. The summed E-state index contributed by atoms with van der Waals surface area (Å²) >= 11 is 2.55. The van der Waals surface area contributed by atoms with Gasteiger partial charge in [-0.3, -0.25) is 9.59 Å². The van der Waals surface area contributed by atoms with Crippen LogP contribution in [0.5, 0.6) is 0 Å². The molecule has 0 saturated heterocycles. The van der Waals surface area contributed by atoms with Crippen LogP contribution in [0, 0.1) is 6.92 Å². The van der Waals surface area contributed by atoms with Crippen LogP contribution in [0.3, 0.4) is 0 Å². The Morgan fingerprint density at radius 3 is 3.12 bits per heavy atom. The highest BCUT2D eigenvalue weighted by atomic mass is 32.2. The van der Waals surface area contributed by atoms with Crippen molar-refractivity contribution in [2.45, 2.75) is 12.7 Å². The van der Waals surface area contributed by atoms with Crippen LogP contribution in [-0.2, 0) is 10.5 Å². The number of nitrogens with zero attached hydrogens (tertiary/aromatic N) is 3. The van der Waals surface area contributed by atoms with Crippen LogP contribution in [0.25, 0.3) is 4.96 Å². The predicted molar refractivity (Wildman–Crippen MR) is 65.7 cm³/mol. The van der Waals surface area contributed by atoms with Crippen LogP contribution < -0.4 is 5.56 Å². The van der Waals surface area contributed by atoms with E-state index in [4.69, 9.17) is 5.11 Å². The van der Waals surface area contributed by atoms with Crippen LogP contribution in [-0.4, -0.2) is 31.4 Å². The van der Waals surface area contributed by atoms with Crippen LogP contribution in [0.1, 0.15) is 10.7 Å². The summed E-state index contributed by atoms with van der Waals surface area (Å²) in [7, 11) is 0. The van der Waals surface area contributed by atoms with Crippen molar-refractivity contribution < 1.29 is 9.90 Å². The Morgan fingerprint density at radius 1 is 1.65 bits per heavy atom. The van der Waals surface area contributed by atoms with Crippen LogP contribution in [0.15, 0.2) is 10.9 Å². The fourth-order valence-electron chi connectivity index (χ4n) is 1.27.